The first-order valence-corrected chi connectivity index (χ1v) is 9.77. The van der Waals surface area contributed by atoms with E-state index in [1.165, 1.54) is 12.8 Å². The summed E-state index contributed by atoms with van der Waals surface area (Å²) in [5.41, 5.74) is 6.24. The number of hydrogen-bond acceptors (Lipinski definition) is 4. The van der Waals surface area contributed by atoms with Gasteiger partial charge in [0.1, 0.15) is 11.8 Å². The average molecular weight is 371 g/mol. The van der Waals surface area contributed by atoms with Crippen LogP contribution in [0.1, 0.15) is 76.1 Å². The highest BCUT2D eigenvalue weighted by Gasteiger charge is 2.31. The third-order valence-electron chi connectivity index (χ3n) is 5.89. The van der Waals surface area contributed by atoms with Gasteiger partial charge >= 0.3 is 0 Å². The van der Waals surface area contributed by atoms with E-state index in [0.29, 0.717) is 23.1 Å². The molecule has 2 aliphatic rings. The molecule has 0 spiro atoms. The van der Waals surface area contributed by atoms with Crippen LogP contribution in [0.15, 0.2) is 18.2 Å². The lowest BCUT2D eigenvalue weighted by Gasteiger charge is -2.13. The lowest BCUT2D eigenvalue weighted by Crippen LogP contribution is -2.18. The molecule has 0 aliphatic heterocycles. The van der Waals surface area contributed by atoms with Crippen molar-refractivity contribution in [2.75, 3.05) is 5.32 Å². The van der Waals surface area contributed by atoms with Gasteiger partial charge in [0, 0.05) is 22.9 Å². The van der Waals surface area contributed by atoms with Crippen molar-refractivity contribution >= 4 is 22.5 Å². The third kappa shape index (κ3) is 2.75. The van der Waals surface area contributed by atoms with E-state index >= 15 is 0 Å². The molecule has 2 aliphatic carbocycles. The van der Waals surface area contributed by atoms with E-state index in [1.54, 1.807) is 0 Å². The van der Waals surface area contributed by atoms with E-state index in [2.05, 4.69) is 26.6 Å². The number of hydrogen-bond donors (Lipinski definition) is 2. The Morgan fingerprint density at radius 1 is 1.14 bits per heavy atom. The molecule has 2 saturated carbocycles. The van der Waals surface area contributed by atoms with Gasteiger partial charge in [-0.3, -0.25) is 9.89 Å². The summed E-state index contributed by atoms with van der Waals surface area (Å²) < 4.78 is 0. The Morgan fingerprint density at radius 2 is 1.86 bits per heavy atom. The molecule has 28 heavy (non-hydrogen) atoms. The van der Waals surface area contributed by atoms with Crippen molar-refractivity contribution in [1.82, 2.24) is 15.2 Å². The molecular weight excluding hydrogens is 350 g/mol. The minimum absolute atomic E-state index is 0.234. The molecule has 5 rings (SSSR count). The van der Waals surface area contributed by atoms with Crippen LogP contribution < -0.4 is 5.32 Å². The molecule has 1 aromatic carbocycles. The Bertz CT molecular complexity index is 1160. The van der Waals surface area contributed by atoms with Gasteiger partial charge in [-0.15, -0.1) is 0 Å². The summed E-state index contributed by atoms with van der Waals surface area (Å²) in [6.45, 7) is 3.76. The summed E-state index contributed by atoms with van der Waals surface area (Å²) in [7, 11) is 0. The zero-order valence-electron chi connectivity index (χ0n) is 16.0. The van der Waals surface area contributed by atoms with Crippen LogP contribution in [0.4, 0.5) is 5.69 Å². The van der Waals surface area contributed by atoms with Gasteiger partial charge in [-0.1, -0.05) is 0 Å². The number of anilines is 1. The number of benzene rings is 1. The highest BCUT2D eigenvalue weighted by molar-refractivity contribution is 6.05. The number of pyridine rings is 1. The van der Waals surface area contributed by atoms with E-state index in [4.69, 9.17) is 0 Å². The zero-order chi connectivity index (χ0) is 19.4. The summed E-state index contributed by atoms with van der Waals surface area (Å²) in [5.74, 6) is 0.609. The predicted molar refractivity (Wildman–Crippen MR) is 106 cm³/mol. The van der Waals surface area contributed by atoms with Crippen molar-refractivity contribution in [2.45, 2.75) is 51.4 Å². The first kappa shape index (κ1) is 16.9. The Labute approximate surface area is 163 Å². The van der Waals surface area contributed by atoms with Gasteiger partial charge in [0.15, 0.2) is 0 Å². The van der Waals surface area contributed by atoms with Crippen LogP contribution in [0.5, 0.6) is 0 Å². The number of aromatic amines is 1. The fourth-order valence-electron chi connectivity index (χ4n) is 3.80. The van der Waals surface area contributed by atoms with Crippen molar-refractivity contribution < 1.29 is 4.79 Å². The van der Waals surface area contributed by atoms with Crippen LogP contribution in [0.2, 0.25) is 0 Å². The number of amides is 1. The summed E-state index contributed by atoms with van der Waals surface area (Å²) in [6.07, 6.45) is 4.42. The number of fused-ring (bicyclic) bond motifs is 1. The Hall–Kier alpha value is -3.20. The number of nitriles is 1. The van der Waals surface area contributed by atoms with Crippen molar-refractivity contribution in [3.8, 4) is 6.07 Å². The SMILES string of the molecule is Cc1c(C(=O)Nc2ccc3[nH]nc(C4CC4)c3c2)nc(C2CC2)c(C#N)c1C. The van der Waals surface area contributed by atoms with E-state index in [9.17, 15) is 10.1 Å². The van der Waals surface area contributed by atoms with Crippen molar-refractivity contribution in [3.05, 3.63) is 52.0 Å². The Kier molecular flexibility index (Phi) is 3.73. The normalized spacial score (nSPS) is 16.2. The monoisotopic (exact) mass is 371 g/mol. The number of aromatic nitrogens is 3. The topological polar surface area (TPSA) is 94.5 Å². The van der Waals surface area contributed by atoms with E-state index < -0.39 is 0 Å². The number of carbonyl (C=O) groups is 1. The van der Waals surface area contributed by atoms with Crippen molar-refractivity contribution in [3.63, 3.8) is 0 Å². The van der Waals surface area contributed by atoms with Gasteiger partial charge in [-0.05, 0) is 68.9 Å². The summed E-state index contributed by atoms with van der Waals surface area (Å²) in [4.78, 5) is 17.6. The summed E-state index contributed by atoms with van der Waals surface area (Å²) >= 11 is 0. The van der Waals surface area contributed by atoms with Crippen LogP contribution >= 0.6 is 0 Å². The summed E-state index contributed by atoms with van der Waals surface area (Å²) in [5, 5.41) is 21.1. The molecule has 2 fully saturated rings. The van der Waals surface area contributed by atoms with Gasteiger partial charge < -0.3 is 5.32 Å². The number of nitrogens with one attached hydrogen (secondary N) is 2. The molecule has 6 nitrogen and oxygen atoms in total. The quantitative estimate of drug-likeness (QED) is 0.708. The average Bonchev–Trinajstić information content (AvgIpc) is 3.61. The Balaban J connectivity index is 1.49. The van der Waals surface area contributed by atoms with Gasteiger partial charge in [0.2, 0.25) is 0 Å². The molecule has 1 amide bonds. The molecular formula is C22H21N5O. The first-order chi connectivity index (χ1) is 13.6. The number of carbonyl (C=O) groups excluding carboxylic acids is 1. The molecule has 140 valence electrons. The van der Waals surface area contributed by atoms with Crippen LogP contribution in [-0.4, -0.2) is 21.1 Å². The van der Waals surface area contributed by atoms with Crippen molar-refractivity contribution in [2.24, 2.45) is 0 Å². The second-order valence-electron chi connectivity index (χ2n) is 7.95. The standard InChI is InChI=1S/C22H21N5O/c1-11-12(2)19(25-20(13-3-4-13)17(11)10-23)22(28)24-15-7-8-18-16(9-15)21(27-26-18)14-5-6-14/h7-9,13-14H,3-6H2,1-2H3,(H,24,28)(H,26,27). The highest BCUT2D eigenvalue weighted by Crippen LogP contribution is 2.43. The summed E-state index contributed by atoms with van der Waals surface area (Å²) in [6, 6.07) is 8.09. The van der Waals surface area contributed by atoms with E-state index in [1.807, 2.05) is 32.0 Å². The van der Waals surface area contributed by atoms with Crippen LogP contribution in [-0.2, 0) is 0 Å². The van der Waals surface area contributed by atoms with E-state index in [0.717, 1.165) is 51.9 Å². The molecule has 0 radical (unpaired) electrons. The molecule has 2 heterocycles. The van der Waals surface area contributed by atoms with Gasteiger partial charge in [-0.2, -0.15) is 10.4 Å². The Morgan fingerprint density at radius 3 is 2.54 bits per heavy atom. The first-order valence-electron chi connectivity index (χ1n) is 9.77. The molecule has 0 atom stereocenters. The maximum atomic E-state index is 13.0. The maximum Gasteiger partial charge on any atom is 0.274 e. The van der Waals surface area contributed by atoms with Crippen LogP contribution in [0.25, 0.3) is 10.9 Å². The molecule has 3 aromatic rings. The van der Waals surface area contributed by atoms with Crippen LogP contribution in [0.3, 0.4) is 0 Å². The maximum absolute atomic E-state index is 13.0. The molecule has 6 heteroatoms. The fraction of sp³-hybridized carbons (Fsp3) is 0.364. The molecule has 0 saturated heterocycles. The van der Waals surface area contributed by atoms with Gasteiger partial charge in [-0.25, -0.2) is 4.98 Å². The van der Waals surface area contributed by atoms with E-state index in [-0.39, 0.29) is 5.91 Å². The molecule has 2 aromatic heterocycles. The predicted octanol–water partition coefficient (Wildman–Crippen LogP) is 4.45. The second kappa shape index (κ2) is 6.16. The highest BCUT2D eigenvalue weighted by atomic mass is 16.1. The molecule has 2 N–H and O–H groups in total. The molecule has 0 bridgehead atoms. The number of nitrogens with zero attached hydrogens (tertiary/aromatic N) is 3. The second-order valence-corrected chi connectivity index (χ2v) is 7.95. The van der Waals surface area contributed by atoms with Gasteiger partial charge in [0.05, 0.1) is 22.5 Å². The van der Waals surface area contributed by atoms with Crippen LogP contribution in [0, 0.1) is 25.2 Å². The number of rotatable bonds is 4. The minimum Gasteiger partial charge on any atom is -0.321 e. The zero-order valence-corrected chi connectivity index (χ0v) is 16.0. The third-order valence-corrected chi connectivity index (χ3v) is 5.89. The largest absolute Gasteiger partial charge is 0.321 e. The fourth-order valence-corrected chi connectivity index (χ4v) is 3.80. The number of H-pyrrole nitrogens is 1. The smallest absolute Gasteiger partial charge is 0.274 e. The minimum atomic E-state index is -0.234. The van der Waals surface area contributed by atoms with Gasteiger partial charge in [0.25, 0.3) is 5.91 Å². The lowest BCUT2D eigenvalue weighted by molar-refractivity contribution is 0.102. The lowest BCUT2D eigenvalue weighted by atomic mass is 9.98. The van der Waals surface area contributed by atoms with Crippen molar-refractivity contribution in [1.29, 1.82) is 5.26 Å². The molecule has 0 unspecified atom stereocenters.